The number of hydrogen-bond acceptors (Lipinski definition) is 3. The van der Waals surface area contributed by atoms with Crippen molar-refractivity contribution in [1.82, 2.24) is 15.1 Å². The van der Waals surface area contributed by atoms with E-state index < -0.39 is 0 Å². The molecule has 1 saturated heterocycles. The number of carbonyl (C=O) groups excluding carboxylic acids is 1. The van der Waals surface area contributed by atoms with Gasteiger partial charge in [0.25, 0.3) is 5.91 Å². The maximum atomic E-state index is 12.4. The van der Waals surface area contributed by atoms with Gasteiger partial charge in [0.1, 0.15) is 0 Å². The number of nitrogens with one attached hydrogen (secondary N) is 1. The fourth-order valence-electron chi connectivity index (χ4n) is 3.41. The molecule has 132 valence electrons. The standard InChI is InChI=1S/C21H27N3O/c1-2-23-13-15-24(16-14-23)20(18-9-5-3-6-10-18)17-22-21(25)19-11-7-4-8-12-19/h3-12,20H,2,13-17H2,1H3,(H,22,25). The second kappa shape index (κ2) is 8.79. The van der Waals surface area contributed by atoms with Crippen LogP contribution in [-0.4, -0.2) is 55.0 Å². The molecule has 1 N–H and O–H groups in total. The van der Waals surface area contributed by atoms with E-state index >= 15 is 0 Å². The van der Waals surface area contributed by atoms with E-state index in [0.29, 0.717) is 12.1 Å². The molecule has 1 heterocycles. The molecule has 4 nitrogen and oxygen atoms in total. The fourth-order valence-corrected chi connectivity index (χ4v) is 3.41. The van der Waals surface area contributed by atoms with Crippen molar-refractivity contribution in [3.05, 3.63) is 71.8 Å². The van der Waals surface area contributed by atoms with Crippen LogP contribution in [0.15, 0.2) is 60.7 Å². The normalized spacial score (nSPS) is 17.2. The monoisotopic (exact) mass is 337 g/mol. The van der Waals surface area contributed by atoms with Crippen molar-refractivity contribution in [2.24, 2.45) is 0 Å². The predicted molar refractivity (Wildman–Crippen MR) is 102 cm³/mol. The second-order valence-electron chi connectivity index (χ2n) is 6.47. The largest absolute Gasteiger partial charge is 0.350 e. The predicted octanol–water partition coefficient (Wildman–Crippen LogP) is 2.80. The van der Waals surface area contributed by atoms with E-state index in [1.807, 2.05) is 36.4 Å². The topological polar surface area (TPSA) is 35.6 Å². The van der Waals surface area contributed by atoms with Gasteiger partial charge in [0.15, 0.2) is 0 Å². The van der Waals surface area contributed by atoms with Crippen molar-refractivity contribution in [2.45, 2.75) is 13.0 Å². The van der Waals surface area contributed by atoms with Gasteiger partial charge in [0, 0.05) is 38.3 Å². The zero-order valence-corrected chi connectivity index (χ0v) is 14.9. The van der Waals surface area contributed by atoms with Gasteiger partial charge in [0.2, 0.25) is 0 Å². The van der Waals surface area contributed by atoms with E-state index in [4.69, 9.17) is 0 Å². The molecule has 1 unspecified atom stereocenters. The summed E-state index contributed by atoms with van der Waals surface area (Å²) in [4.78, 5) is 17.4. The number of piperazine rings is 1. The molecule has 0 bridgehead atoms. The summed E-state index contributed by atoms with van der Waals surface area (Å²) < 4.78 is 0. The number of nitrogens with zero attached hydrogens (tertiary/aromatic N) is 2. The number of rotatable bonds is 6. The van der Waals surface area contributed by atoms with E-state index in [9.17, 15) is 4.79 Å². The summed E-state index contributed by atoms with van der Waals surface area (Å²) >= 11 is 0. The molecule has 1 aliphatic rings. The molecule has 1 atom stereocenters. The zero-order valence-electron chi connectivity index (χ0n) is 14.9. The van der Waals surface area contributed by atoms with Crippen LogP contribution in [0.1, 0.15) is 28.9 Å². The maximum absolute atomic E-state index is 12.4. The Morgan fingerprint density at radius 3 is 2.16 bits per heavy atom. The van der Waals surface area contributed by atoms with Gasteiger partial charge in [0.05, 0.1) is 6.04 Å². The van der Waals surface area contributed by atoms with Gasteiger partial charge in [-0.3, -0.25) is 9.69 Å². The number of carbonyl (C=O) groups is 1. The van der Waals surface area contributed by atoms with Crippen molar-refractivity contribution in [2.75, 3.05) is 39.3 Å². The molecule has 0 spiro atoms. The summed E-state index contributed by atoms with van der Waals surface area (Å²) in [6.07, 6.45) is 0. The van der Waals surface area contributed by atoms with Crippen molar-refractivity contribution < 1.29 is 4.79 Å². The first-order chi connectivity index (χ1) is 12.3. The van der Waals surface area contributed by atoms with Crippen molar-refractivity contribution in [3.8, 4) is 0 Å². The Kier molecular flexibility index (Phi) is 6.20. The van der Waals surface area contributed by atoms with Crippen LogP contribution in [0.5, 0.6) is 0 Å². The Labute approximate surface area is 150 Å². The van der Waals surface area contributed by atoms with Gasteiger partial charge in [-0.2, -0.15) is 0 Å². The molecule has 0 aliphatic carbocycles. The number of benzene rings is 2. The average molecular weight is 337 g/mol. The Balaban J connectivity index is 1.68. The Bertz CT molecular complexity index is 651. The van der Waals surface area contributed by atoms with Crippen LogP contribution < -0.4 is 5.32 Å². The van der Waals surface area contributed by atoms with E-state index in [2.05, 4.69) is 46.3 Å². The van der Waals surface area contributed by atoms with Gasteiger partial charge in [-0.1, -0.05) is 55.5 Å². The first-order valence-corrected chi connectivity index (χ1v) is 9.12. The van der Waals surface area contributed by atoms with Gasteiger partial charge in [-0.05, 0) is 24.2 Å². The van der Waals surface area contributed by atoms with Gasteiger partial charge < -0.3 is 10.2 Å². The van der Waals surface area contributed by atoms with Crippen molar-refractivity contribution >= 4 is 5.91 Å². The molecule has 0 saturated carbocycles. The molecule has 3 rings (SSSR count). The fraction of sp³-hybridized carbons (Fsp3) is 0.381. The minimum absolute atomic E-state index is 0.00581. The first kappa shape index (κ1) is 17.6. The minimum atomic E-state index is -0.00581. The number of hydrogen-bond donors (Lipinski definition) is 1. The molecular formula is C21H27N3O. The van der Waals surface area contributed by atoms with Crippen molar-refractivity contribution in [3.63, 3.8) is 0 Å². The van der Waals surface area contributed by atoms with Gasteiger partial charge >= 0.3 is 0 Å². The molecule has 0 radical (unpaired) electrons. The molecule has 2 aromatic carbocycles. The summed E-state index contributed by atoms with van der Waals surface area (Å²) in [6, 6.07) is 20.1. The highest BCUT2D eigenvalue weighted by molar-refractivity contribution is 5.94. The molecule has 1 aliphatic heterocycles. The van der Waals surface area contributed by atoms with E-state index in [-0.39, 0.29) is 11.9 Å². The second-order valence-corrected chi connectivity index (χ2v) is 6.47. The smallest absolute Gasteiger partial charge is 0.251 e. The van der Waals surface area contributed by atoms with E-state index in [0.717, 1.165) is 32.7 Å². The van der Waals surface area contributed by atoms with E-state index in [1.54, 1.807) is 0 Å². The molecule has 0 aromatic heterocycles. The lowest BCUT2D eigenvalue weighted by atomic mass is 10.0. The Morgan fingerprint density at radius 2 is 1.56 bits per heavy atom. The summed E-state index contributed by atoms with van der Waals surface area (Å²) in [5.41, 5.74) is 1.98. The Morgan fingerprint density at radius 1 is 0.960 bits per heavy atom. The molecule has 4 heteroatoms. The highest BCUT2D eigenvalue weighted by Crippen LogP contribution is 2.21. The third-order valence-corrected chi connectivity index (χ3v) is 4.97. The SMILES string of the molecule is CCN1CCN(C(CNC(=O)c2ccccc2)c2ccccc2)CC1. The van der Waals surface area contributed by atoms with Crippen LogP contribution in [-0.2, 0) is 0 Å². The quantitative estimate of drug-likeness (QED) is 0.880. The van der Waals surface area contributed by atoms with Crippen LogP contribution in [0.4, 0.5) is 0 Å². The third kappa shape index (κ3) is 4.68. The average Bonchev–Trinajstić information content (AvgIpc) is 2.70. The first-order valence-electron chi connectivity index (χ1n) is 9.12. The minimum Gasteiger partial charge on any atom is -0.350 e. The van der Waals surface area contributed by atoms with Crippen LogP contribution >= 0.6 is 0 Å². The lowest BCUT2D eigenvalue weighted by molar-refractivity contribution is 0.0855. The summed E-state index contributed by atoms with van der Waals surface area (Å²) in [7, 11) is 0. The Hall–Kier alpha value is -2.17. The van der Waals surface area contributed by atoms with Gasteiger partial charge in [-0.15, -0.1) is 0 Å². The summed E-state index contributed by atoms with van der Waals surface area (Å²) in [6.45, 7) is 8.20. The highest BCUT2D eigenvalue weighted by Gasteiger charge is 2.25. The van der Waals surface area contributed by atoms with Gasteiger partial charge in [-0.25, -0.2) is 0 Å². The third-order valence-electron chi connectivity index (χ3n) is 4.97. The summed E-state index contributed by atoms with van der Waals surface area (Å²) in [5.74, 6) is -0.00581. The van der Waals surface area contributed by atoms with Crippen LogP contribution in [0.25, 0.3) is 0 Å². The lowest BCUT2D eigenvalue weighted by Gasteiger charge is -2.39. The summed E-state index contributed by atoms with van der Waals surface area (Å²) in [5, 5.41) is 3.13. The van der Waals surface area contributed by atoms with E-state index in [1.165, 1.54) is 5.56 Å². The molecule has 2 aromatic rings. The zero-order chi connectivity index (χ0) is 17.5. The maximum Gasteiger partial charge on any atom is 0.251 e. The molecule has 1 amide bonds. The number of likely N-dealkylation sites (N-methyl/N-ethyl adjacent to an activating group) is 1. The van der Waals surface area contributed by atoms with Crippen LogP contribution in [0.3, 0.4) is 0 Å². The lowest BCUT2D eigenvalue weighted by Crippen LogP contribution is -2.49. The molecule has 1 fully saturated rings. The molecular weight excluding hydrogens is 310 g/mol. The van der Waals surface area contributed by atoms with Crippen molar-refractivity contribution in [1.29, 1.82) is 0 Å². The number of amides is 1. The van der Waals surface area contributed by atoms with Crippen LogP contribution in [0, 0.1) is 0 Å². The molecule has 25 heavy (non-hydrogen) atoms. The highest BCUT2D eigenvalue weighted by atomic mass is 16.1. The van der Waals surface area contributed by atoms with Crippen LogP contribution in [0.2, 0.25) is 0 Å².